The maximum absolute atomic E-state index is 2.49. The van der Waals surface area contributed by atoms with Gasteiger partial charge in [-0.05, 0) is 63.7 Å². The quantitative estimate of drug-likeness (QED) is 0.190. The van der Waals surface area contributed by atoms with Crippen molar-refractivity contribution in [2.75, 3.05) is 4.90 Å². The maximum Gasteiger partial charge on any atom is 0.0754 e. The predicted octanol–water partition coefficient (Wildman–Crippen LogP) is 11.0. The minimum atomic E-state index is -0.396. The second kappa shape index (κ2) is 8.19. The van der Waals surface area contributed by atoms with Crippen LogP contribution in [0.3, 0.4) is 0 Å². The summed E-state index contributed by atoms with van der Waals surface area (Å²) in [4.78, 5) is 2.49. The van der Waals surface area contributed by atoms with Crippen molar-refractivity contribution in [2.24, 2.45) is 0 Å². The zero-order chi connectivity index (χ0) is 29.3. The zero-order valence-electron chi connectivity index (χ0n) is 24.4. The number of hydrogen-bond acceptors (Lipinski definition) is 1. The lowest BCUT2D eigenvalue weighted by Crippen LogP contribution is -2.36. The molecule has 9 aromatic rings. The predicted molar refractivity (Wildman–Crippen MR) is 187 cm³/mol. The number of nitrogens with zero attached hydrogens (tertiary/aromatic N) is 2. The molecule has 1 aliphatic carbocycles. The van der Waals surface area contributed by atoms with Crippen molar-refractivity contribution in [3.05, 3.63) is 180 Å². The van der Waals surface area contributed by atoms with Crippen LogP contribution in [-0.4, -0.2) is 4.40 Å². The van der Waals surface area contributed by atoms with Gasteiger partial charge in [-0.2, -0.15) is 0 Å². The van der Waals surface area contributed by atoms with E-state index in [4.69, 9.17) is 0 Å². The Balaban J connectivity index is 1.25. The highest BCUT2D eigenvalue weighted by Gasteiger charge is 2.51. The number of hydrogen-bond donors (Lipinski definition) is 0. The SMILES string of the molecule is c1ccc2c(c1)-c1ccccc1C21c2ccccc2N(c2ccc3c4cccc5c6ccccc6n(c3c2)c54)c2ccccc21. The smallest absolute Gasteiger partial charge is 0.0754 e. The Morgan fingerprint density at radius 3 is 1.56 bits per heavy atom. The van der Waals surface area contributed by atoms with Crippen molar-refractivity contribution in [3.8, 4) is 11.1 Å². The normalized spacial score (nSPS) is 14.4. The average molecular weight is 571 g/mol. The zero-order valence-corrected chi connectivity index (χ0v) is 24.4. The molecular formula is C43H26N2. The summed E-state index contributed by atoms with van der Waals surface area (Å²) in [7, 11) is 0. The third-order valence-corrected chi connectivity index (χ3v) is 10.5. The molecule has 0 saturated carbocycles. The number of rotatable bonds is 1. The first-order valence-corrected chi connectivity index (χ1v) is 15.7. The molecule has 2 aromatic heterocycles. The maximum atomic E-state index is 2.49. The molecule has 0 N–H and O–H groups in total. The van der Waals surface area contributed by atoms with Crippen LogP contribution in [0, 0.1) is 0 Å². The molecule has 3 heterocycles. The minimum Gasteiger partial charge on any atom is -0.310 e. The molecule has 2 nitrogen and oxygen atoms in total. The van der Waals surface area contributed by atoms with Crippen LogP contribution < -0.4 is 4.90 Å². The highest BCUT2D eigenvalue weighted by molar-refractivity contribution is 6.23. The summed E-state index contributed by atoms with van der Waals surface area (Å²) < 4.78 is 2.48. The lowest BCUT2D eigenvalue weighted by Gasteiger charge is -2.45. The first-order valence-electron chi connectivity index (χ1n) is 15.7. The van der Waals surface area contributed by atoms with Crippen LogP contribution in [0.4, 0.5) is 17.1 Å². The number of aromatic nitrogens is 1. The van der Waals surface area contributed by atoms with Gasteiger partial charge in [0.1, 0.15) is 0 Å². The fourth-order valence-corrected chi connectivity index (χ4v) is 8.90. The van der Waals surface area contributed by atoms with Crippen molar-refractivity contribution in [1.29, 1.82) is 0 Å². The Bertz CT molecular complexity index is 2580. The third-order valence-electron chi connectivity index (χ3n) is 10.5. The molecule has 0 atom stereocenters. The summed E-state index contributed by atoms with van der Waals surface area (Å²) >= 11 is 0. The van der Waals surface area contributed by atoms with Crippen LogP contribution in [0.5, 0.6) is 0 Å². The molecule has 0 fully saturated rings. The Morgan fingerprint density at radius 1 is 0.378 bits per heavy atom. The van der Waals surface area contributed by atoms with Crippen molar-refractivity contribution in [1.82, 2.24) is 4.40 Å². The summed E-state index contributed by atoms with van der Waals surface area (Å²) in [6.07, 6.45) is 0. The second-order valence-electron chi connectivity index (χ2n) is 12.5. The van der Waals surface area contributed by atoms with E-state index in [1.807, 2.05) is 0 Å². The van der Waals surface area contributed by atoms with Gasteiger partial charge in [-0.25, -0.2) is 0 Å². The topological polar surface area (TPSA) is 7.65 Å². The monoisotopic (exact) mass is 570 g/mol. The Hall–Kier alpha value is -5.86. The van der Waals surface area contributed by atoms with Gasteiger partial charge in [0.2, 0.25) is 0 Å². The van der Waals surface area contributed by atoms with Crippen LogP contribution >= 0.6 is 0 Å². The largest absolute Gasteiger partial charge is 0.310 e. The number of anilines is 3. The van der Waals surface area contributed by atoms with E-state index in [2.05, 4.69) is 167 Å². The lowest BCUT2D eigenvalue weighted by atomic mass is 9.64. The van der Waals surface area contributed by atoms with Crippen molar-refractivity contribution < 1.29 is 0 Å². The number of benzene rings is 7. The minimum absolute atomic E-state index is 0.396. The van der Waals surface area contributed by atoms with Gasteiger partial charge in [-0.3, -0.25) is 0 Å². The Morgan fingerprint density at radius 2 is 0.889 bits per heavy atom. The van der Waals surface area contributed by atoms with Crippen LogP contribution in [0.1, 0.15) is 22.3 Å². The van der Waals surface area contributed by atoms with Crippen LogP contribution in [0.2, 0.25) is 0 Å². The molecule has 0 saturated heterocycles. The van der Waals surface area contributed by atoms with Gasteiger partial charge in [0.05, 0.1) is 33.3 Å². The van der Waals surface area contributed by atoms with E-state index in [0.717, 1.165) is 0 Å². The van der Waals surface area contributed by atoms with Crippen LogP contribution in [0.15, 0.2) is 158 Å². The van der Waals surface area contributed by atoms with E-state index in [1.165, 1.54) is 88.5 Å². The molecule has 2 aliphatic rings. The van der Waals surface area contributed by atoms with Gasteiger partial charge in [0.25, 0.3) is 0 Å². The van der Waals surface area contributed by atoms with Gasteiger partial charge < -0.3 is 9.30 Å². The molecule has 0 bridgehead atoms. The summed E-state index contributed by atoms with van der Waals surface area (Å²) in [5.41, 5.74) is 15.0. The molecule has 2 heteroatoms. The highest BCUT2D eigenvalue weighted by atomic mass is 15.2. The van der Waals surface area contributed by atoms with Crippen molar-refractivity contribution in [2.45, 2.75) is 5.41 Å². The van der Waals surface area contributed by atoms with Gasteiger partial charge in [-0.15, -0.1) is 0 Å². The highest BCUT2D eigenvalue weighted by Crippen LogP contribution is 2.63. The first-order chi connectivity index (χ1) is 22.4. The Labute approximate surface area is 260 Å². The van der Waals surface area contributed by atoms with Crippen molar-refractivity contribution >= 4 is 55.2 Å². The number of fused-ring (bicyclic) bond motifs is 15. The van der Waals surface area contributed by atoms with Gasteiger partial charge >= 0.3 is 0 Å². The van der Waals surface area contributed by atoms with Crippen LogP contribution in [0.25, 0.3) is 49.2 Å². The molecular weight excluding hydrogens is 544 g/mol. The molecule has 0 unspecified atom stereocenters. The molecule has 0 amide bonds. The summed E-state index contributed by atoms with van der Waals surface area (Å²) in [5, 5.41) is 5.22. The van der Waals surface area contributed by atoms with Gasteiger partial charge in [0, 0.05) is 27.2 Å². The first kappa shape index (κ1) is 23.6. The standard InChI is InChI=1S/C43H26N2/c1-4-17-34-28(12-1)29-13-2-5-18-35(29)43(34)36-19-6-9-22-39(36)44(40-23-10-7-20-37(40)43)27-24-25-31-33-16-11-15-32-30-14-3-8-21-38(30)45(42(32)33)41(31)26-27/h1-26H. The number of para-hydroxylation sites is 4. The van der Waals surface area contributed by atoms with E-state index in [9.17, 15) is 0 Å². The fraction of sp³-hybridized carbons (Fsp3) is 0.0233. The van der Waals surface area contributed by atoms with E-state index < -0.39 is 5.41 Å². The second-order valence-corrected chi connectivity index (χ2v) is 12.5. The molecule has 1 spiro atoms. The fourth-order valence-electron chi connectivity index (χ4n) is 8.90. The third kappa shape index (κ3) is 2.69. The Kier molecular flexibility index (Phi) is 4.29. The van der Waals surface area contributed by atoms with Crippen LogP contribution in [-0.2, 0) is 5.41 Å². The molecule has 11 rings (SSSR count). The van der Waals surface area contributed by atoms with E-state index in [-0.39, 0.29) is 0 Å². The molecule has 1 aliphatic heterocycles. The summed E-state index contributed by atoms with van der Waals surface area (Å²) in [6, 6.07) is 58.7. The lowest BCUT2D eigenvalue weighted by molar-refractivity contribution is 0.752. The molecule has 45 heavy (non-hydrogen) atoms. The summed E-state index contributed by atoms with van der Waals surface area (Å²) in [6.45, 7) is 0. The molecule has 7 aromatic carbocycles. The average Bonchev–Trinajstić information content (AvgIpc) is 3.73. The van der Waals surface area contributed by atoms with E-state index in [1.54, 1.807) is 0 Å². The molecule has 0 radical (unpaired) electrons. The van der Waals surface area contributed by atoms with Gasteiger partial charge in [-0.1, -0.05) is 127 Å². The van der Waals surface area contributed by atoms with E-state index in [0.29, 0.717) is 0 Å². The van der Waals surface area contributed by atoms with Gasteiger partial charge in [0.15, 0.2) is 0 Å². The van der Waals surface area contributed by atoms with E-state index >= 15 is 0 Å². The van der Waals surface area contributed by atoms with Crippen molar-refractivity contribution in [3.63, 3.8) is 0 Å². The molecule has 208 valence electrons. The summed E-state index contributed by atoms with van der Waals surface area (Å²) in [5.74, 6) is 0.